The second-order valence-electron chi connectivity index (χ2n) is 7.40. The van der Waals surface area contributed by atoms with Crippen LogP contribution in [0, 0.1) is 0 Å². The molecule has 0 fully saturated rings. The maximum atomic E-state index is 13.4. The van der Waals surface area contributed by atoms with Gasteiger partial charge >= 0.3 is 18.3 Å². The molecule has 2 aromatic carbocycles. The van der Waals surface area contributed by atoms with Crippen LogP contribution in [0.15, 0.2) is 36.4 Å². The number of halogens is 6. The third-order valence-electron chi connectivity index (χ3n) is 4.87. The highest BCUT2D eigenvalue weighted by molar-refractivity contribution is 5.78. The van der Waals surface area contributed by atoms with E-state index in [1.54, 1.807) is 0 Å². The number of nitrogens with one attached hydrogen (secondary N) is 1. The summed E-state index contributed by atoms with van der Waals surface area (Å²) in [5.74, 6) is -2.73. The Bertz CT molecular complexity index is 998. The normalized spacial score (nSPS) is 13.1. The summed E-state index contributed by atoms with van der Waals surface area (Å²) in [7, 11) is 0. The van der Waals surface area contributed by atoms with Crippen molar-refractivity contribution in [1.29, 1.82) is 0 Å². The molecule has 1 unspecified atom stereocenters. The van der Waals surface area contributed by atoms with Crippen molar-refractivity contribution >= 4 is 11.8 Å². The predicted molar refractivity (Wildman–Crippen MR) is 105 cm³/mol. The summed E-state index contributed by atoms with van der Waals surface area (Å²) >= 11 is 0. The van der Waals surface area contributed by atoms with Crippen LogP contribution in [0.2, 0.25) is 0 Å². The van der Waals surface area contributed by atoms with Crippen LogP contribution in [0.1, 0.15) is 48.4 Å². The summed E-state index contributed by atoms with van der Waals surface area (Å²) in [4.78, 5) is 22.4. The maximum absolute atomic E-state index is 13.4. The van der Waals surface area contributed by atoms with E-state index in [1.807, 2.05) is 0 Å². The third kappa shape index (κ3) is 6.56. The number of carboxylic acid groups (broad SMARTS) is 1. The molecule has 0 heterocycles. The Labute approximate surface area is 180 Å². The summed E-state index contributed by atoms with van der Waals surface area (Å²) < 4.78 is 79.9. The molecule has 0 saturated heterocycles. The van der Waals surface area contributed by atoms with E-state index < -0.39 is 35.4 Å². The molecule has 174 valence electrons. The molecule has 0 aliphatic carbocycles. The van der Waals surface area contributed by atoms with Crippen molar-refractivity contribution in [2.45, 2.75) is 45.1 Å². The van der Waals surface area contributed by atoms with Crippen LogP contribution in [0.4, 0.5) is 26.3 Å². The molecule has 10 heteroatoms. The van der Waals surface area contributed by atoms with Crippen molar-refractivity contribution in [3.05, 3.63) is 58.7 Å². The van der Waals surface area contributed by atoms with Gasteiger partial charge in [0.15, 0.2) is 0 Å². The van der Waals surface area contributed by atoms with Crippen molar-refractivity contribution in [3.8, 4) is 11.1 Å². The number of hydrogen-bond acceptors (Lipinski definition) is 3. The number of ketones is 1. The van der Waals surface area contributed by atoms with Crippen LogP contribution in [-0.4, -0.2) is 23.4 Å². The Morgan fingerprint density at radius 2 is 1.59 bits per heavy atom. The van der Waals surface area contributed by atoms with Crippen LogP contribution in [-0.2, 0) is 28.5 Å². The minimum Gasteiger partial charge on any atom is -0.481 e. The van der Waals surface area contributed by atoms with E-state index in [0.717, 1.165) is 30.3 Å². The minimum atomic E-state index is -4.78. The fourth-order valence-electron chi connectivity index (χ4n) is 3.05. The van der Waals surface area contributed by atoms with Crippen molar-refractivity contribution in [2.24, 2.45) is 0 Å². The molecule has 0 radical (unpaired) electrons. The number of rotatable bonds is 8. The van der Waals surface area contributed by atoms with Crippen molar-refractivity contribution in [2.75, 3.05) is 6.54 Å². The molecule has 0 aliphatic heterocycles. The van der Waals surface area contributed by atoms with Gasteiger partial charge in [-0.25, -0.2) is 0 Å². The SMILES string of the molecule is CC(=O)CCNCc1cc(C(F)(F)F)ccc1-c1cc(C(C)C(=O)O)cc(C(F)(F)F)c1. The first kappa shape index (κ1) is 25.4. The van der Waals surface area contributed by atoms with E-state index in [4.69, 9.17) is 0 Å². The number of aliphatic carboxylic acids is 1. The Hall–Kier alpha value is -2.88. The van der Waals surface area contributed by atoms with Gasteiger partial charge in [0.05, 0.1) is 17.0 Å². The molecule has 1 atom stereocenters. The molecule has 0 bridgehead atoms. The molecule has 0 spiro atoms. The number of benzene rings is 2. The lowest BCUT2D eigenvalue weighted by Crippen LogP contribution is -2.18. The molecule has 32 heavy (non-hydrogen) atoms. The quantitative estimate of drug-likeness (QED) is 0.394. The Morgan fingerprint density at radius 1 is 0.969 bits per heavy atom. The van der Waals surface area contributed by atoms with Crippen molar-refractivity contribution < 1.29 is 41.0 Å². The molecule has 0 saturated carbocycles. The topological polar surface area (TPSA) is 66.4 Å². The van der Waals surface area contributed by atoms with Gasteiger partial charge in [0.1, 0.15) is 5.78 Å². The van der Waals surface area contributed by atoms with Crippen LogP contribution >= 0.6 is 0 Å². The van der Waals surface area contributed by atoms with Gasteiger partial charge in [0.25, 0.3) is 0 Å². The monoisotopic (exact) mass is 461 g/mol. The van der Waals surface area contributed by atoms with Crippen LogP contribution in [0.3, 0.4) is 0 Å². The molecule has 4 nitrogen and oxygen atoms in total. The second-order valence-corrected chi connectivity index (χ2v) is 7.40. The first-order chi connectivity index (χ1) is 14.7. The second kappa shape index (κ2) is 9.72. The molecule has 2 rings (SSSR count). The highest BCUT2D eigenvalue weighted by atomic mass is 19.4. The summed E-state index contributed by atoms with van der Waals surface area (Å²) in [6.45, 7) is 2.62. The molecule has 2 N–H and O–H groups in total. The van der Waals surface area contributed by atoms with E-state index >= 15 is 0 Å². The summed E-state index contributed by atoms with van der Waals surface area (Å²) in [5.41, 5.74) is -2.10. The zero-order valence-electron chi connectivity index (χ0n) is 17.2. The van der Waals surface area contributed by atoms with Crippen LogP contribution in [0.25, 0.3) is 11.1 Å². The van der Waals surface area contributed by atoms with Gasteiger partial charge < -0.3 is 10.4 Å². The largest absolute Gasteiger partial charge is 0.481 e. The number of alkyl halides is 6. The van der Waals surface area contributed by atoms with Crippen molar-refractivity contribution in [3.63, 3.8) is 0 Å². The average molecular weight is 461 g/mol. The first-order valence-corrected chi connectivity index (χ1v) is 9.55. The zero-order valence-corrected chi connectivity index (χ0v) is 17.2. The Kier molecular flexibility index (Phi) is 7.71. The number of carboxylic acids is 1. The number of Topliss-reactive ketones (excluding diaryl/α,β-unsaturated/α-hetero) is 1. The lowest BCUT2D eigenvalue weighted by atomic mass is 9.90. The van der Waals surface area contributed by atoms with E-state index in [9.17, 15) is 41.0 Å². The highest BCUT2D eigenvalue weighted by Crippen LogP contribution is 2.38. The van der Waals surface area contributed by atoms with E-state index in [0.29, 0.717) is 0 Å². The van der Waals surface area contributed by atoms with Gasteiger partial charge in [-0.15, -0.1) is 0 Å². The molecule has 0 amide bonds. The summed E-state index contributed by atoms with van der Waals surface area (Å²) in [5, 5.41) is 12.0. The molecular formula is C22H21F6NO3. The average Bonchev–Trinajstić information content (AvgIpc) is 2.68. The van der Waals surface area contributed by atoms with Gasteiger partial charge in [-0.3, -0.25) is 9.59 Å². The number of carbonyl (C=O) groups is 2. The predicted octanol–water partition coefficient (Wildman–Crippen LogP) is 5.65. The molecular weight excluding hydrogens is 440 g/mol. The third-order valence-corrected chi connectivity index (χ3v) is 4.87. The standard InChI is InChI=1S/C22H21F6NO3/c1-12(30)5-6-29-11-16-10-17(21(23,24)25)3-4-19(16)15-7-14(13(2)20(31)32)8-18(9-15)22(26,27)28/h3-4,7-10,13,29H,5-6,11H2,1-2H3,(H,31,32). The van der Waals surface area contributed by atoms with Gasteiger partial charge in [0.2, 0.25) is 0 Å². The van der Waals surface area contributed by atoms with E-state index in [2.05, 4.69) is 5.32 Å². The fourth-order valence-corrected chi connectivity index (χ4v) is 3.05. The van der Waals surface area contributed by atoms with E-state index in [1.165, 1.54) is 19.9 Å². The van der Waals surface area contributed by atoms with Crippen LogP contribution < -0.4 is 5.32 Å². The van der Waals surface area contributed by atoms with Gasteiger partial charge in [-0.1, -0.05) is 12.1 Å². The Morgan fingerprint density at radius 3 is 2.12 bits per heavy atom. The number of hydrogen-bond donors (Lipinski definition) is 2. The smallest absolute Gasteiger partial charge is 0.416 e. The molecule has 0 aromatic heterocycles. The molecule has 2 aromatic rings. The van der Waals surface area contributed by atoms with Crippen molar-refractivity contribution in [1.82, 2.24) is 5.32 Å². The van der Waals surface area contributed by atoms with E-state index in [-0.39, 0.29) is 47.5 Å². The highest BCUT2D eigenvalue weighted by Gasteiger charge is 2.33. The maximum Gasteiger partial charge on any atom is 0.416 e. The van der Waals surface area contributed by atoms with Gasteiger partial charge in [0, 0.05) is 19.5 Å². The lowest BCUT2D eigenvalue weighted by Gasteiger charge is -2.18. The Balaban J connectivity index is 2.61. The zero-order chi connectivity index (χ0) is 24.3. The van der Waals surface area contributed by atoms with Crippen LogP contribution in [0.5, 0.6) is 0 Å². The summed E-state index contributed by atoms with van der Waals surface area (Å²) in [6, 6.07) is 5.38. The first-order valence-electron chi connectivity index (χ1n) is 9.55. The minimum absolute atomic E-state index is 0.0555. The molecule has 0 aliphatic rings. The summed E-state index contributed by atoms with van der Waals surface area (Å²) in [6.07, 6.45) is -9.31. The lowest BCUT2D eigenvalue weighted by molar-refractivity contribution is -0.139. The van der Waals surface area contributed by atoms with Gasteiger partial charge in [-0.2, -0.15) is 26.3 Å². The number of carbonyl (C=O) groups excluding carboxylic acids is 1. The van der Waals surface area contributed by atoms with Gasteiger partial charge in [-0.05, 0) is 60.4 Å². The fraction of sp³-hybridized carbons (Fsp3) is 0.364.